The monoisotopic (exact) mass is 367 g/mol. The second-order valence-corrected chi connectivity index (χ2v) is 7.74. The van der Waals surface area contributed by atoms with E-state index in [1.165, 1.54) is 5.39 Å². The highest BCUT2D eigenvalue weighted by atomic mass is 35.5. The molecule has 1 heterocycles. The molecule has 1 fully saturated rings. The van der Waals surface area contributed by atoms with E-state index in [0.717, 1.165) is 33.8 Å². The van der Waals surface area contributed by atoms with Gasteiger partial charge in [0.25, 0.3) is 0 Å². The van der Waals surface area contributed by atoms with Crippen LogP contribution in [0.1, 0.15) is 16.5 Å². The first kappa shape index (κ1) is 16.5. The molecule has 1 unspecified atom stereocenters. The van der Waals surface area contributed by atoms with Crippen molar-refractivity contribution in [3.63, 3.8) is 0 Å². The van der Waals surface area contributed by atoms with Crippen LogP contribution in [0.3, 0.4) is 0 Å². The van der Waals surface area contributed by atoms with Crippen LogP contribution in [-0.2, 0) is 11.2 Å². The summed E-state index contributed by atoms with van der Waals surface area (Å²) in [5, 5.41) is 3.06. The maximum atomic E-state index is 13.0. The molecule has 0 radical (unpaired) electrons. The van der Waals surface area contributed by atoms with E-state index >= 15 is 0 Å². The van der Waals surface area contributed by atoms with Gasteiger partial charge >= 0.3 is 0 Å². The van der Waals surface area contributed by atoms with Crippen LogP contribution in [0.4, 0.5) is 0 Å². The summed E-state index contributed by atoms with van der Waals surface area (Å²) in [5.74, 6) is 1.10. The van der Waals surface area contributed by atoms with Crippen LogP contribution in [-0.4, -0.2) is 23.1 Å². The van der Waals surface area contributed by atoms with Crippen molar-refractivity contribution in [2.45, 2.75) is 11.8 Å². The normalized spacial score (nSPS) is 17.2. The number of fused-ring (bicyclic) bond motifs is 1. The van der Waals surface area contributed by atoms with Gasteiger partial charge in [-0.15, -0.1) is 11.8 Å². The molecule has 3 aromatic rings. The maximum absolute atomic E-state index is 13.0. The zero-order valence-electron chi connectivity index (χ0n) is 13.7. The van der Waals surface area contributed by atoms with Gasteiger partial charge < -0.3 is 4.90 Å². The highest BCUT2D eigenvalue weighted by Crippen LogP contribution is 2.41. The standard InChI is InChI=1S/C21H18ClNOS/c22-19-11-4-3-10-18(19)21-23(12-13-25-21)20(24)14-16-8-5-7-15-6-1-2-9-17(15)16/h1-11,21H,12-14H2. The zero-order valence-corrected chi connectivity index (χ0v) is 15.3. The summed E-state index contributed by atoms with van der Waals surface area (Å²) in [6.07, 6.45) is 0.420. The van der Waals surface area contributed by atoms with Crippen molar-refractivity contribution in [2.75, 3.05) is 12.3 Å². The minimum atomic E-state index is 0.0103. The number of nitrogens with zero attached hydrogens (tertiary/aromatic N) is 1. The number of carbonyl (C=O) groups is 1. The molecule has 1 amide bonds. The van der Waals surface area contributed by atoms with E-state index < -0.39 is 0 Å². The molecule has 25 heavy (non-hydrogen) atoms. The second kappa shape index (κ2) is 7.11. The van der Waals surface area contributed by atoms with E-state index in [-0.39, 0.29) is 11.3 Å². The van der Waals surface area contributed by atoms with Crippen LogP contribution in [0.5, 0.6) is 0 Å². The molecule has 4 heteroatoms. The molecule has 1 atom stereocenters. The minimum Gasteiger partial charge on any atom is -0.325 e. The van der Waals surface area contributed by atoms with Gasteiger partial charge in [-0.25, -0.2) is 0 Å². The first-order valence-corrected chi connectivity index (χ1v) is 9.79. The molecular weight excluding hydrogens is 350 g/mol. The fourth-order valence-corrected chi connectivity index (χ4v) is 4.99. The van der Waals surface area contributed by atoms with Gasteiger partial charge in [0, 0.05) is 22.9 Å². The average Bonchev–Trinajstić information content (AvgIpc) is 3.12. The van der Waals surface area contributed by atoms with Gasteiger partial charge in [0.05, 0.1) is 6.42 Å². The lowest BCUT2D eigenvalue weighted by molar-refractivity contribution is -0.130. The van der Waals surface area contributed by atoms with Gasteiger partial charge in [0.2, 0.25) is 5.91 Å². The first-order valence-electron chi connectivity index (χ1n) is 8.36. The number of thioether (sulfide) groups is 1. The fraction of sp³-hybridized carbons (Fsp3) is 0.190. The molecule has 0 saturated carbocycles. The summed E-state index contributed by atoms with van der Waals surface area (Å²) >= 11 is 8.14. The van der Waals surface area contributed by atoms with E-state index in [1.54, 1.807) is 11.8 Å². The quantitative estimate of drug-likeness (QED) is 0.625. The molecule has 126 valence electrons. The molecule has 1 aliphatic heterocycles. The third-order valence-electron chi connectivity index (χ3n) is 4.60. The third-order valence-corrected chi connectivity index (χ3v) is 6.19. The van der Waals surface area contributed by atoms with Crippen molar-refractivity contribution in [1.82, 2.24) is 4.90 Å². The highest BCUT2D eigenvalue weighted by Gasteiger charge is 2.31. The molecule has 1 aliphatic rings. The summed E-state index contributed by atoms with van der Waals surface area (Å²) in [4.78, 5) is 15.0. The molecule has 0 spiro atoms. The Hall–Kier alpha value is -1.97. The van der Waals surface area contributed by atoms with Crippen LogP contribution in [0.25, 0.3) is 10.8 Å². The molecule has 2 nitrogen and oxygen atoms in total. The number of hydrogen-bond donors (Lipinski definition) is 0. The van der Waals surface area contributed by atoms with Crippen LogP contribution in [0.2, 0.25) is 5.02 Å². The number of hydrogen-bond acceptors (Lipinski definition) is 2. The highest BCUT2D eigenvalue weighted by molar-refractivity contribution is 7.99. The van der Waals surface area contributed by atoms with Crippen LogP contribution in [0, 0.1) is 0 Å². The predicted molar refractivity (Wildman–Crippen MR) is 106 cm³/mol. The average molecular weight is 368 g/mol. The number of rotatable bonds is 3. The molecular formula is C21H18ClNOS. The molecule has 3 aromatic carbocycles. The number of amides is 1. The molecule has 0 N–H and O–H groups in total. The fourth-order valence-electron chi connectivity index (χ4n) is 3.37. The lowest BCUT2D eigenvalue weighted by Gasteiger charge is -2.25. The summed E-state index contributed by atoms with van der Waals surface area (Å²) in [6, 6.07) is 22.2. The third kappa shape index (κ3) is 3.26. The Morgan fingerprint density at radius 1 is 1.04 bits per heavy atom. The molecule has 0 aromatic heterocycles. The van der Waals surface area contributed by atoms with Crippen molar-refractivity contribution in [1.29, 1.82) is 0 Å². The Balaban J connectivity index is 1.61. The SMILES string of the molecule is O=C(Cc1cccc2ccccc12)N1CCSC1c1ccccc1Cl. The van der Waals surface area contributed by atoms with Crippen molar-refractivity contribution in [3.8, 4) is 0 Å². The van der Waals surface area contributed by atoms with E-state index in [4.69, 9.17) is 11.6 Å². The van der Waals surface area contributed by atoms with Crippen LogP contribution >= 0.6 is 23.4 Å². The number of halogens is 1. The number of benzene rings is 3. The Morgan fingerprint density at radius 3 is 2.68 bits per heavy atom. The molecule has 0 aliphatic carbocycles. The zero-order chi connectivity index (χ0) is 17.2. The lowest BCUT2D eigenvalue weighted by atomic mass is 10.0. The van der Waals surface area contributed by atoms with Crippen molar-refractivity contribution >= 4 is 40.0 Å². The van der Waals surface area contributed by atoms with Gasteiger partial charge in [-0.1, -0.05) is 72.3 Å². The molecule has 4 rings (SSSR count). The molecule has 0 bridgehead atoms. The predicted octanol–water partition coefficient (Wildman–Crippen LogP) is 5.31. The minimum absolute atomic E-state index is 0.0103. The lowest BCUT2D eigenvalue weighted by Crippen LogP contribution is -2.31. The Kier molecular flexibility index (Phi) is 4.69. The van der Waals surface area contributed by atoms with Crippen molar-refractivity contribution < 1.29 is 4.79 Å². The van der Waals surface area contributed by atoms with Crippen molar-refractivity contribution in [3.05, 3.63) is 82.9 Å². The van der Waals surface area contributed by atoms with Gasteiger partial charge in [-0.05, 0) is 22.4 Å². The van der Waals surface area contributed by atoms with Gasteiger partial charge in [0.1, 0.15) is 5.37 Å². The van der Waals surface area contributed by atoms with Gasteiger partial charge in [0.15, 0.2) is 0 Å². The van der Waals surface area contributed by atoms with E-state index in [9.17, 15) is 4.79 Å². The van der Waals surface area contributed by atoms with Crippen LogP contribution < -0.4 is 0 Å². The molecule has 1 saturated heterocycles. The Bertz CT molecular complexity index is 921. The van der Waals surface area contributed by atoms with E-state index in [0.29, 0.717) is 6.42 Å². The second-order valence-electron chi connectivity index (χ2n) is 6.15. The Morgan fingerprint density at radius 2 is 1.80 bits per heavy atom. The number of carbonyl (C=O) groups excluding carboxylic acids is 1. The summed E-state index contributed by atoms with van der Waals surface area (Å²) in [6.45, 7) is 0.768. The smallest absolute Gasteiger partial charge is 0.228 e. The van der Waals surface area contributed by atoms with Gasteiger partial charge in [-0.2, -0.15) is 0 Å². The summed E-state index contributed by atoms with van der Waals surface area (Å²) in [5.41, 5.74) is 2.11. The summed E-state index contributed by atoms with van der Waals surface area (Å²) in [7, 11) is 0. The maximum Gasteiger partial charge on any atom is 0.228 e. The Labute approximate surface area is 156 Å². The summed E-state index contributed by atoms with van der Waals surface area (Å²) < 4.78 is 0. The topological polar surface area (TPSA) is 20.3 Å². The van der Waals surface area contributed by atoms with E-state index in [2.05, 4.69) is 18.2 Å². The van der Waals surface area contributed by atoms with Gasteiger partial charge in [-0.3, -0.25) is 4.79 Å². The van der Waals surface area contributed by atoms with E-state index in [1.807, 2.05) is 53.4 Å². The first-order chi connectivity index (χ1) is 12.2. The van der Waals surface area contributed by atoms with Crippen molar-refractivity contribution in [2.24, 2.45) is 0 Å². The van der Waals surface area contributed by atoms with Crippen LogP contribution in [0.15, 0.2) is 66.7 Å². The largest absolute Gasteiger partial charge is 0.325 e.